The standard InChI is InChI=1S/C27H29FN2O4S/c1-18-5-12-22(13-6-18)35(32,33)30(21-10-8-20(28)9-11-21)17-26(31)29-24-16-27(3,4)34-25-15-19(2)7-14-23(24)25/h5-15,24H,16-17H2,1-4H3,(H,29,31). The summed E-state index contributed by atoms with van der Waals surface area (Å²) < 4.78 is 47.7. The number of fused-ring (bicyclic) bond motifs is 1. The van der Waals surface area contributed by atoms with Crippen LogP contribution in [0.4, 0.5) is 10.1 Å². The SMILES string of the molecule is Cc1ccc(S(=O)(=O)N(CC(=O)NC2CC(C)(C)Oc3cc(C)ccc32)c2ccc(F)cc2)cc1. The normalized spacial score (nSPS) is 16.7. The van der Waals surface area contributed by atoms with E-state index in [4.69, 9.17) is 4.74 Å². The van der Waals surface area contributed by atoms with Crippen LogP contribution in [0.5, 0.6) is 5.75 Å². The van der Waals surface area contributed by atoms with Crippen LogP contribution in [-0.4, -0.2) is 26.5 Å². The van der Waals surface area contributed by atoms with Crippen molar-refractivity contribution in [3.05, 3.63) is 89.2 Å². The van der Waals surface area contributed by atoms with Crippen molar-refractivity contribution in [1.82, 2.24) is 5.32 Å². The number of carbonyl (C=O) groups excluding carboxylic acids is 1. The van der Waals surface area contributed by atoms with Gasteiger partial charge in [0.2, 0.25) is 5.91 Å². The monoisotopic (exact) mass is 496 g/mol. The molecule has 0 fully saturated rings. The average molecular weight is 497 g/mol. The van der Waals surface area contributed by atoms with E-state index in [2.05, 4.69) is 5.32 Å². The summed E-state index contributed by atoms with van der Waals surface area (Å²) in [5.74, 6) is -0.268. The molecule has 3 aromatic carbocycles. The maximum absolute atomic E-state index is 13.6. The smallest absolute Gasteiger partial charge is 0.264 e. The molecule has 1 aliphatic rings. The Balaban J connectivity index is 1.64. The van der Waals surface area contributed by atoms with Gasteiger partial charge in [0.1, 0.15) is 23.7 Å². The molecular formula is C27H29FN2O4S. The Morgan fingerprint density at radius 3 is 2.31 bits per heavy atom. The summed E-state index contributed by atoms with van der Waals surface area (Å²) in [5.41, 5.74) is 2.48. The second-order valence-electron chi connectivity index (χ2n) is 9.53. The Bertz CT molecular complexity index is 1340. The van der Waals surface area contributed by atoms with Gasteiger partial charge >= 0.3 is 0 Å². The van der Waals surface area contributed by atoms with Gasteiger partial charge in [-0.1, -0.05) is 29.8 Å². The van der Waals surface area contributed by atoms with E-state index in [1.807, 2.05) is 45.9 Å². The van der Waals surface area contributed by atoms with Crippen molar-refractivity contribution in [1.29, 1.82) is 0 Å². The number of anilines is 1. The predicted octanol–water partition coefficient (Wildman–Crippen LogP) is 5.06. The van der Waals surface area contributed by atoms with Crippen LogP contribution >= 0.6 is 0 Å². The zero-order chi connectivity index (χ0) is 25.4. The minimum Gasteiger partial charge on any atom is -0.487 e. The van der Waals surface area contributed by atoms with Crippen molar-refractivity contribution in [3.8, 4) is 5.75 Å². The Kier molecular flexibility index (Phi) is 6.60. The van der Waals surface area contributed by atoms with Gasteiger partial charge in [-0.2, -0.15) is 0 Å². The first-order valence-electron chi connectivity index (χ1n) is 11.4. The molecule has 1 unspecified atom stereocenters. The number of hydrogen-bond acceptors (Lipinski definition) is 4. The third-order valence-electron chi connectivity index (χ3n) is 5.97. The molecule has 0 aromatic heterocycles. The van der Waals surface area contributed by atoms with Crippen LogP contribution in [0.3, 0.4) is 0 Å². The highest BCUT2D eigenvalue weighted by Gasteiger charge is 2.35. The first-order chi connectivity index (χ1) is 16.4. The van der Waals surface area contributed by atoms with Gasteiger partial charge in [0, 0.05) is 12.0 Å². The van der Waals surface area contributed by atoms with Gasteiger partial charge in [0.05, 0.1) is 16.6 Å². The lowest BCUT2D eigenvalue weighted by Gasteiger charge is -2.38. The molecule has 6 nitrogen and oxygen atoms in total. The average Bonchev–Trinajstić information content (AvgIpc) is 2.77. The number of rotatable bonds is 6. The van der Waals surface area contributed by atoms with E-state index in [-0.39, 0.29) is 16.6 Å². The molecule has 1 amide bonds. The maximum Gasteiger partial charge on any atom is 0.264 e. The summed E-state index contributed by atoms with van der Waals surface area (Å²) in [6.07, 6.45) is 0.524. The lowest BCUT2D eigenvalue weighted by atomic mass is 9.89. The highest BCUT2D eigenvalue weighted by Crippen LogP contribution is 2.40. The van der Waals surface area contributed by atoms with Crippen LogP contribution in [0.2, 0.25) is 0 Å². The molecule has 1 heterocycles. The van der Waals surface area contributed by atoms with Gasteiger partial charge in [-0.05, 0) is 75.7 Å². The van der Waals surface area contributed by atoms with E-state index in [1.54, 1.807) is 12.1 Å². The highest BCUT2D eigenvalue weighted by atomic mass is 32.2. The minimum atomic E-state index is -4.08. The third-order valence-corrected chi connectivity index (χ3v) is 7.76. The van der Waals surface area contributed by atoms with Crippen molar-refractivity contribution < 1.29 is 22.3 Å². The molecule has 0 saturated heterocycles. The van der Waals surface area contributed by atoms with E-state index in [0.29, 0.717) is 12.2 Å². The summed E-state index contributed by atoms with van der Waals surface area (Å²) >= 11 is 0. The number of aryl methyl sites for hydroxylation is 2. The Morgan fingerprint density at radius 1 is 1.03 bits per heavy atom. The molecular weight excluding hydrogens is 467 g/mol. The fourth-order valence-corrected chi connectivity index (χ4v) is 5.64. The second-order valence-corrected chi connectivity index (χ2v) is 11.4. The molecule has 3 aromatic rings. The fourth-order valence-electron chi connectivity index (χ4n) is 4.22. The molecule has 0 aliphatic carbocycles. The van der Waals surface area contributed by atoms with Crippen LogP contribution in [-0.2, 0) is 14.8 Å². The van der Waals surface area contributed by atoms with E-state index < -0.39 is 33.9 Å². The molecule has 1 N–H and O–H groups in total. The number of ether oxygens (including phenoxy) is 1. The number of amides is 1. The van der Waals surface area contributed by atoms with E-state index in [1.165, 1.54) is 36.4 Å². The van der Waals surface area contributed by atoms with Gasteiger partial charge in [0.25, 0.3) is 10.0 Å². The Hall–Kier alpha value is -3.39. The number of sulfonamides is 1. The zero-order valence-corrected chi connectivity index (χ0v) is 21.0. The molecule has 0 radical (unpaired) electrons. The second kappa shape index (κ2) is 9.34. The van der Waals surface area contributed by atoms with Gasteiger partial charge < -0.3 is 10.1 Å². The number of nitrogens with one attached hydrogen (secondary N) is 1. The van der Waals surface area contributed by atoms with Crippen LogP contribution < -0.4 is 14.4 Å². The maximum atomic E-state index is 13.6. The van der Waals surface area contributed by atoms with Crippen LogP contribution in [0.1, 0.15) is 43.0 Å². The highest BCUT2D eigenvalue weighted by molar-refractivity contribution is 7.92. The molecule has 0 spiro atoms. The predicted molar refractivity (Wildman–Crippen MR) is 133 cm³/mol. The summed E-state index contributed by atoms with van der Waals surface area (Å²) in [5, 5.41) is 3.00. The molecule has 1 aliphatic heterocycles. The topological polar surface area (TPSA) is 75.7 Å². The number of carbonyl (C=O) groups is 1. The first kappa shape index (κ1) is 24.7. The van der Waals surface area contributed by atoms with E-state index in [0.717, 1.165) is 21.0 Å². The Morgan fingerprint density at radius 2 is 1.66 bits per heavy atom. The minimum absolute atomic E-state index is 0.0493. The molecule has 35 heavy (non-hydrogen) atoms. The first-order valence-corrected chi connectivity index (χ1v) is 12.8. The number of nitrogens with zero attached hydrogens (tertiary/aromatic N) is 1. The van der Waals surface area contributed by atoms with Crippen molar-refractivity contribution in [3.63, 3.8) is 0 Å². The van der Waals surface area contributed by atoms with Crippen molar-refractivity contribution in [2.75, 3.05) is 10.8 Å². The van der Waals surface area contributed by atoms with Gasteiger partial charge in [0.15, 0.2) is 0 Å². The number of benzene rings is 3. The van der Waals surface area contributed by atoms with Crippen molar-refractivity contribution in [2.45, 2.75) is 50.7 Å². The molecule has 0 bridgehead atoms. The quantitative estimate of drug-likeness (QED) is 0.518. The lowest BCUT2D eigenvalue weighted by molar-refractivity contribution is -0.120. The molecule has 8 heteroatoms. The van der Waals surface area contributed by atoms with E-state index >= 15 is 0 Å². The zero-order valence-electron chi connectivity index (χ0n) is 20.2. The largest absolute Gasteiger partial charge is 0.487 e. The Labute approximate surface area is 205 Å². The van der Waals surface area contributed by atoms with Crippen LogP contribution in [0.15, 0.2) is 71.6 Å². The van der Waals surface area contributed by atoms with Crippen molar-refractivity contribution >= 4 is 21.6 Å². The van der Waals surface area contributed by atoms with Crippen molar-refractivity contribution in [2.24, 2.45) is 0 Å². The molecule has 1 atom stereocenters. The number of hydrogen-bond donors (Lipinski definition) is 1. The van der Waals surface area contributed by atoms with Crippen LogP contribution in [0.25, 0.3) is 0 Å². The number of halogens is 1. The van der Waals surface area contributed by atoms with Crippen LogP contribution in [0, 0.1) is 19.7 Å². The van der Waals surface area contributed by atoms with Gasteiger partial charge in [-0.25, -0.2) is 12.8 Å². The lowest BCUT2D eigenvalue weighted by Crippen LogP contribution is -2.45. The van der Waals surface area contributed by atoms with Gasteiger partial charge in [-0.15, -0.1) is 0 Å². The molecule has 184 valence electrons. The third kappa shape index (κ3) is 5.48. The summed E-state index contributed by atoms with van der Waals surface area (Å²) in [6.45, 7) is 7.26. The molecule has 4 rings (SSSR count). The summed E-state index contributed by atoms with van der Waals surface area (Å²) in [7, 11) is -4.08. The fraction of sp³-hybridized carbons (Fsp3) is 0.296. The van der Waals surface area contributed by atoms with E-state index in [9.17, 15) is 17.6 Å². The summed E-state index contributed by atoms with van der Waals surface area (Å²) in [6, 6.07) is 16.9. The van der Waals surface area contributed by atoms with Gasteiger partial charge in [-0.3, -0.25) is 9.10 Å². The summed E-state index contributed by atoms with van der Waals surface area (Å²) in [4.78, 5) is 13.3. The molecule has 0 saturated carbocycles.